The summed E-state index contributed by atoms with van der Waals surface area (Å²) in [6.45, 7) is 6.65. The van der Waals surface area contributed by atoms with E-state index in [0.29, 0.717) is 0 Å². The van der Waals surface area contributed by atoms with E-state index in [-0.39, 0.29) is 0 Å². The first kappa shape index (κ1) is 12.1. The molecule has 0 unspecified atom stereocenters. The third-order valence-corrected chi connectivity index (χ3v) is 4.67. The van der Waals surface area contributed by atoms with Crippen LogP contribution in [0.25, 0.3) is 0 Å². The molecule has 18 heavy (non-hydrogen) atoms. The van der Waals surface area contributed by atoms with Gasteiger partial charge < -0.3 is 9.80 Å². The molecule has 0 atom stereocenters. The lowest BCUT2D eigenvalue weighted by atomic mass is 10.0. The minimum atomic E-state index is 0.958. The minimum Gasteiger partial charge on any atom is -0.332 e. The second kappa shape index (κ2) is 5.81. The molecule has 2 saturated heterocycles. The summed E-state index contributed by atoms with van der Waals surface area (Å²) in [6.07, 6.45) is 7.65. The zero-order valence-corrected chi connectivity index (χ0v) is 11.2. The Balaban J connectivity index is 1.48. The molecule has 2 aliphatic rings. The van der Waals surface area contributed by atoms with Crippen molar-refractivity contribution in [3.05, 3.63) is 30.1 Å². The highest BCUT2D eigenvalue weighted by Gasteiger charge is 2.31. The van der Waals surface area contributed by atoms with Gasteiger partial charge in [0, 0.05) is 31.9 Å². The standard InChI is InChI=1S/C15H23N3/c1-2-8-16-14(5-1)13-17-11-6-15(7-12-17)18-9-3-4-10-18/h1-2,5,8,15H,3-4,6-7,9-13H2/p+2. The highest BCUT2D eigenvalue weighted by atomic mass is 15.2. The number of piperidine rings is 1. The number of pyridine rings is 1. The Kier molecular flexibility index (Phi) is 3.91. The van der Waals surface area contributed by atoms with Gasteiger partial charge in [0.05, 0.1) is 37.9 Å². The fourth-order valence-corrected chi connectivity index (χ4v) is 3.61. The van der Waals surface area contributed by atoms with E-state index in [1.807, 2.05) is 17.2 Å². The van der Waals surface area contributed by atoms with Crippen molar-refractivity contribution in [3.8, 4) is 0 Å². The van der Waals surface area contributed by atoms with Crippen LogP contribution in [-0.4, -0.2) is 37.2 Å². The maximum absolute atomic E-state index is 4.44. The maximum atomic E-state index is 4.44. The van der Waals surface area contributed by atoms with Crippen molar-refractivity contribution in [2.75, 3.05) is 26.2 Å². The van der Waals surface area contributed by atoms with E-state index in [1.54, 1.807) is 4.90 Å². The van der Waals surface area contributed by atoms with Crippen molar-refractivity contribution in [1.82, 2.24) is 4.98 Å². The molecule has 3 rings (SSSR count). The van der Waals surface area contributed by atoms with Crippen LogP contribution in [0.4, 0.5) is 0 Å². The molecule has 1 aromatic rings. The largest absolute Gasteiger partial charge is 0.332 e. The Morgan fingerprint density at radius 2 is 1.83 bits per heavy atom. The number of aromatic nitrogens is 1. The van der Waals surface area contributed by atoms with Crippen LogP contribution in [0.15, 0.2) is 24.4 Å². The van der Waals surface area contributed by atoms with Gasteiger partial charge in [-0.1, -0.05) is 6.07 Å². The Hall–Kier alpha value is -0.930. The minimum absolute atomic E-state index is 0.958. The van der Waals surface area contributed by atoms with Crippen molar-refractivity contribution in [1.29, 1.82) is 0 Å². The molecular weight excluding hydrogens is 222 g/mol. The average molecular weight is 247 g/mol. The van der Waals surface area contributed by atoms with Gasteiger partial charge in [0.25, 0.3) is 0 Å². The zero-order chi connectivity index (χ0) is 12.2. The number of likely N-dealkylation sites (tertiary alicyclic amines) is 2. The molecule has 98 valence electrons. The molecule has 1 aromatic heterocycles. The lowest BCUT2D eigenvalue weighted by molar-refractivity contribution is -0.957. The Morgan fingerprint density at radius 3 is 2.50 bits per heavy atom. The molecule has 2 N–H and O–H groups in total. The van der Waals surface area contributed by atoms with Gasteiger partial charge in [-0.25, -0.2) is 0 Å². The third-order valence-electron chi connectivity index (χ3n) is 4.67. The van der Waals surface area contributed by atoms with Crippen LogP contribution >= 0.6 is 0 Å². The van der Waals surface area contributed by atoms with Gasteiger partial charge in [-0.3, -0.25) is 4.98 Å². The van der Waals surface area contributed by atoms with Crippen LogP contribution in [-0.2, 0) is 6.54 Å². The van der Waals surface area contributed by atoms with Crippen LogP contribution in [0, 0.1) is 0 Å². The molecule has 0 saturated carbocycles. The van der Waals surface area contributed by atoms with Gasteiger partial charge >= 0.3 is 0 Å². The smallest absolute Gasteiger partial charge is 0.120 e. The fraction of sp³-hybridized carbons (Fsp3) is 0.667. The monoisotopic (exact) mass is 247 g/mol. The van der Waals surface area contributed by atoms with E-state index in [1.165, 1.54) is 57.6 Å². The molecule has 3 heterocycles. The summed E-state index contributed by atoms with van der Waals surface area (Å²) in [6, 6.07) is 7.22. The Bertz CT molecular complexity index is 351. The van der Waals surface area contributed by atoms with Crippen molar-refractivity contribution < 1.29 is 9.80 Å². The molecule has 0 aliphatic carbocycles. The summed E-state index contributed by atoms with van der Waals surface area (Å²) >= 11 is 0. The highest BCUT2D eigenvalue weighted by Crippen LogP contribution is 2.00. The van der Waals surface area contributed by atoms with E-state index in [4.69, 9.17) is 0 Å². The van der Waals surface area contributed by atoms with E-state index in [9.17, 15) is 0 Å². The van der Waals surface area contributed by atoms with Crippen molar-refractivity contribution in [3.63, 3.8) is 0 Å². The van der Waals surface area contributed by atoms with E-state index < -0.39 is 0 Å². The molecule has 3 nitrogen and oxygen atoms in total. The number of hydrogen-bond donors (Lipinski definition) is 2. The van der Waals surface area contributed by atoms with Crippen LogP contribution in [0.2, 0.25) is 0 Å². The van der Waals surface area contributed by atoms with Gasteiger partial charge in [0.2, 0.25) is 0 Å². The lowest BCUT2D eigenvalue weighted by Gasteiger charge is -2.32. The normalized spacial score (nSPS) is 29.6. The second-order valence-corrected chi connectivity index (χ2v) is 5.89. The third kappa shape index (κ3) is 2.90. The van der Waals surface area contributed by atoms with Gasteiger partial charge in [0.1, 0.15) is 6.54 Å². The first-order chi connectivity index (χ1) is 8.92. The summed E-state index contributed by atoms with van der Waals surface area (Å²) < 4.78 is 0. The average Bonchev–Trinajstić information content (AvgIpc) is 2.95. The lowest BCUT2D eigenvalue weighted by Crippen LogP contribution is -3.19. The second-order valence-electron chi connectivity index (χ2n) is 5.89. The van der Waals surface area contributed by atoms with Gasteiger partial charge in [-0.05, 0) is 12.1 Å². The van der Waals surface area contributed by atoms with Crippen molar-refractivity contribution >= 4 is 0 Å². The molecule has 0 bridgehead atoms. The summed E-state index contributed by atoms with van der Waals surface area (Å²) in [7, 11) is 0. The molecule has 3 heteroatoms. The molecule has 0 amide bonds. The highest BCUT2D eigenvalue weighted by molar-refractivity contribution is 5.01. The van der Waals surface area contributed by atoms with Crippen molar-refractivity contribution in [2.45, 2.75) is 38.3 Å². The Morgan fingerprint density at radius 1 is 1.06 bits per heavy atom. The van der Waals surface area contributed by atoms with Gasteiger partial charge in [-0.15, -0.1) is 0 Å². The quantitative estimate of drug-likeness (QED) is 0.725. The molecule has 2 fully saturated rings. The Labute approximate surface area is 110 Å². The summed E-state index contributed by atoms with van der Waals surface area (Å²) in [5, 5.41) is 0. The summed E-state index contributed by atoms with van der Waals surface area (Å²) in [4.78, 5) is 8.06. The molecule has 0 radical (unpaired) electrons. The maximum Gasteiger partial charge on any atom is 0.120 e. The number of nitrogens with zero attached hydrogens (tertiary/aromatic N) is 1. The van der Waals surface area contributed by atoms with E-state index in [2.05, 4.69) is 17.1 Å². The summed E-state index contributed by atoms with van der Waals surface area (Å²) in [5.74, 6) is 0. The van der Waals surface area contributed by atoms with Gasteiger partial charge in [-0.2, -0.15) is 0 Å². The van der Waals surface area contributed by atoms with E-state index >= 15 is 0 Å². The SMILES string of the molecule is c1ccc(C[NH+]2CCC([NH+]3CCCC3)CC2)nc1. The number of hydrogen-bond acceptors (Lipinski definition) is 1. The van der Waals surface area contributed by atoms with Crippen LogP contribution in [0.1, 0.15) is 31.4 Å². The fourth-order valence-electron chi connectivity index (χ4n) is 3.61. The van der Waals surface area contributed by atoms with Crippen LogP contribution in [0.3, 0.4) is 0 Å². The molecular formula is C15H25N3+2. The topological polar surface area (TPSA) is 21.8 Å². The predicted octanol–water partition coefficient (Wildman–Crippen LogP) is -0.692. The van der Waals surface area contributed by atoms with E-state index in [0.717, 1.165) is 12.6 Å². The number of nitrogens with one attached hydrogen (secondary N) is 2. The molecule has 0 spiro atoms. The van der Waals surface area contributed by atoms with Crippen LogP contribution in [0.5, 0.6) is 0 Å². The van der Waals surface area contributed by atoms with Crippen molar-refractivity contribution in [2.24, 2.45) is 0 Å². The molecule has 2 aliphatic heterocycles. The molecule has 0 aromatic carbocycles. The van der Waals surface area contributed by atoms with Crippen LogP contribution < -0.4 is 9.80 Å². The summed E-state index contributed by atoms with van der Waals surface area (Å²) in [5.41, 5.74) is 1.25. The predicted molar refractivity (Wildman–Crippen MR) is 71.6 cm³/mol. The number of rotatable bonds is 3. The van der Waals surface area contributed by atoms with Gasteiger partial charge in [0.15, 0.2) is 0 Å². The first-order valence-corrected chi connectivity index (χ1v) is 7.50. The number of quaternary nitrogens is 2. The first-order valence-electron chi connectivity index (χ1n) is 7.50. The zero-order valence-electron chi connectivity index (χ0n) is 11.2.